The average Bonchev–Trinajstić information content (AvgIpc) is 1.33. The fourth-order valence-electron chi connectivity index (χ4n) is 15.7. The Kier molecular flexibility index (Phi) is 52.1. The summed E-state index contributed by atoms with van der Waals surface area (Å²) in [5.41, 5.74) is -1.63. The van der Waals surface area contributed by atoms with Gasteiger partial charge in [0.1, 0.15) is 61.8 Å². The minimum absolute atomic E-state index is 0.0451. The van der Waals surface area contributed by atoms with Gasteiger partial charge in [0.25, 0.3) is 5.91 Å². The van der Waals surface area contributed by atoms with Gasteiger partial charge >= 0.3 is 59.7 Å². The Morgan fingerprint density at radius 3 is 1.06 bits per heavy atom. The van der Waals surface area contributed by atoms with Crippen LogP contribution in [0.4, 0.5) is 23.2 Å². The van der Waals surface area contributed by atoms with Crippen LogP contribution in [0.1, 0.15) is 220 Å². The summed E-state index contributed by atoms with van der Waals surface area (Å²) in [4.78, 5) is 230. The van der Waals surface area contributed by atoms with E-state index in [1.165, 1.54) is 43.9 Å². The number of rotatable bonds is 61. The number of benzene rings is 2. The third-order valence-electron chi connectivity index (χ3n) is 22.1. The van der Waals surface area contributed by atoms with Crippen LogP contribution in [0.15, 0.2) is 18.2 Å². The first kappa shape index (κ1) is 120. The van der Waals surface area contributed by atoms with E-state index in [4.69, 9.17) is 90.0 Å². The molecule has 0 radical (unpaired) electrons. The molecular weight excluding hydrogens is 1910 g/mol. The smallest absolute Gasteiger partial charge is 0.311 e. The maximum absolute atomic E-state index is 14.9. The largest absolute Gasteiger partial charge is 0.463 e. The molecule has 2 aromatic carbocycles. The van der Waals surface area contributed by atoms with Crippen molar-refractivity contribution in [3.05, 3.63) is 58.2 Å². The lowest BCUT2D eigenvalue weighted by Crippen LogP contribution is -2.66. The van der Waals surface area contributed by atoms with Crippen LogP contribution < -0.4 is 46.9 Å². The zero-order chi connectivity index (χ0) is 106. The van der Waals surface area contributed by atoms with Crippen LogP contribution in [0.3, 0.4) is 0 Å². The number of hydrogen-bond acceptors (Lipinski definition) is 37. The molecule has 0 bridgehead atoms. The van der Waals surface area contributed by atoms with Crippen molar-refractivity contribution in [1.82, 2.24) is 37.2 Å². The van der Waals surface area contributed by atoms with Gasteiger partial charge in [-0.1, -0.05) is 38.5 Å². The first-order valence-electron chi connectivity index (χ1n) is 47.3. The minimum atomic E-state index is -2.05. The van der Waals surface area contributed by atoms with Gasteiger partial charge in [0.05, 0.1) is 39.6 Å². The number of halogens is 4. The Balaban J connectivity index is 1.14. The van der Waals surface area contributed by atoms with Gasteiger partial charge in [-0.2, -0.15) is 4.39 Å². The lowest BCUT2D eigenvalue weighted by molar-refractivity contribution is -0.277. The van der Waals surface area contributed by atoms with Crippen LogP contribution in [-0.2, 0) is 173 Å². The highest BCUT2D eigenvalue weighted by Gasteiger charge is 2.55. The number of nitrogens with zero attached hydrogens (tertiary/aromatic N) is 1. The number of hydrogen-bond donors (Lipinski definition) is 7. The molecule has 4 aliphatic heterocycles. The van der Waals surface area contributed by atoms with E-state index in [0.717, 1.165) is 69.2 Å². The average molecular weight is 2040 g/mol. The van der Waals surface area contributed by atoms with Gasteiger partial charge in [0, 0.05) is 178 Å². The third-order valence-corrected chi connectivity index (χ3v) is 22.1. The van der Waals surface area contributed by atoms with E-state index < -0.39 is 285 Å². The highest BCUT2D eigenvalue weighted by molar-refractivity contribution is 5.99. The maximum Gasteiger partial charge on any atom is 0.311 e. The van der Waals surface area contributed by atoms with E-state index in [1.807, 2.05) is 0 Å². The predicted octanol–water partition coefficient (Wildman–Crippen LogP) is 3.95. The second-order valence-corrected chi connectivity index (χ2v) is 34.4. The zero-order valence-corrected chi connectivity index (χ0v) is 82.7. The number of carbonyl (C=O) groups is 18. The van der Waals surface area contributed by atoms with Crippen molar-refractivity contribution in [2.24, 2.45) is 0 Å². The summed E-state index contributed by atoms with van der Waals surface area (Å²) in [6.07, 6.45) is -10.6. The first-order chi connectivity index (χ1) is 67.9. The number of unbranched alkanes of at least 4 members (excludes halogenated alkanes) is 9. The molecule has 15 unspecified atom stereocenters. The fraction of sp³-hybridized carbons (Fsp3) is 0.681. The Morgan fingerprint density at radius 1 is 0.385 bits per heavy atom. The van der Waals surface area contributed by atoms with Gasteiger partial charge in [0.2, 0.25) is 52.9 Å². The molecule has 15 atom stereocenters. The molecule has 2 aromatic rings. The summed E-state index contributed by atoms with van der Waals surface area (Å²) in [6, 6.07) is 0.937. The minimum Gasteiger partial charge on any atom is -0.463 e. The maximum atomic E-state index is 14.9. The topological polar surface area (TPSA) is 570 Å². The van der Waals surface area contributed by atoms with E-state index in [2.05, 4.69) is 37.2 Å². The Morgan fingerprint density at radius 2 is 0.727 bits per heavy atom. The van der Waals surface area contributed by atoms with E-state index in [1.54, 1.807) is 0 Å². The van der Waals surface area contributed by atoms with Gasteiger partial charge in [-0.25, -0.2) is 13.2 Å². The summed E-state index contributed by atoms with van der Waals surface area (Å²) >= 11 is 0. The molecule has 4 aliphatic rings. The zero-order valence-electron chi connectivity index (χ0n) is 82.7. The SMILES string of the molecule is CC(=O)NC1C(OCCCCCCNC(=O)CCOCC(COCCC(=O)NCCCCCCOC2OC(COC(C)=O)C(OC(C)=O)C(OC(C)=O)C2NC(C)=O)(COCCC(=O)NCCCCCCOC2OC(COC(C)=O)C(OC(C)=O)C(OC(C)=O)C2NC(C)=O)NC(=O)c2ccc3c(c2)CCN3C(=O)CCCC(=O)Oc2c(F)c(C)c(F)c(F)c2F)OC(COC(C)=O)C(OC(C)=O)C1OC(C)=O. The van der Waals surface area contributed by atoms with Crippen molar-refractivity contribution >= 4 is 113 Å². The Labute approximate surface area is 824 Å². The molecule has 7 N–H and O–H groups in total. The fourth-order valence-corrected chi connectivity index (χ4v) is 15.7. The normalized spacial score (nSPS) is 21.5. The molecule has 0 saturated carbocycles. The molecule has 143 heavy (non-hydrogen) atoms. The predicted molar refractivity (Wildman–Crippen MR) is 484 cm³/mol. The summed E-state index contributed by atoms with van der Waals surface area (Å²) in [7, 11) is 0. The lowest BCUT2D eigenvalue weighted by atomic mass is 9.96. The monoisotopic (exact) mass is 2040 g/mol. The van der Waals surface area contributed by atoms with E-state index in [0.29, 0.717) is 88.3 Å². The van der Waals surface area contributed by atoms with E-state index in [-0.39, 0.29) is 110 Å². The molecule has 49 heteroatoms. The van der Waals surface area contributed by atoms with Crippen molar-refractivity contribution in [2.45, 2.75) is 309 Å². The molecular formula is C94H134F4N8O37. The number of carbonyl (C=O) groups excluding carboxylic acids is 18. The lowest BCUT2D eigenvalue weighted by Gasteiger charge is -2.44. The molecule has 0 spiro atoms. The molecule has 4 heterocycles. The summed E-state index contributed by atoms with van der Waals surface area (Å²) in [5.74, 6) is -21.1. The quantitative estimate of drug-likeness (QED) is 0.00937. The van der Waals surface area contributed by atoms with Crippen molar-refractivity contribution in [3.63, 3.8) is 0 Å². The number of amides is 8. The molecule has 6 rings (SSSR count). The highest BCUT2D eigenvalue weighted by atomic mass is 19.2. The van der Waals surface area contributed by atoms with E-state index >= 15 is 0 Å². The van der Waals surface area contributed by atoms with Crippen molar-refractivity contribution < 1.29 is 194 Å². The molecule has 800 valence electrons. The van der Waals surface area contributed by atoms with Gasteiger partial charge in [-0.3, -0.25) is 86.3 Å². The van der Waals surface area contributed by atoms with Gasteiger partial charge in [-0.05, 0) is 82.1 Å². The van der Waals surface area contributed by atoms with Crippen LogP contribution in [0.2, 0.25) is 0 Å². The van der Waals surface area contributed by atoms with Crippen molar-refractivity contribution in [1.29, 1.82) is 0 Å². The molecule has 0 aliphatic carbocycles. The molecule has 3 fully saturated rings. The standard InChI is InChI=1S/C94H134F4N8O37/c1-52-76(95)78(97)79(98)86(77(52)96)143-75(123)28-26-27-74(122)106-38-31-65-45-66(29-30-67(65)106)90(124)105-94(49-125-42-32-71(119)99-35-20-14-17-23-39-128-91-80(102-53(2)107)87(137-62(11)116)83(134-59(8)113)68(140-91)46-131-56(5)110,50-126-43-33-72(120)100-36-21-15-18-24-40-129-92-81(103-54(3)108)88(138-63(12)117)84(135-60(9)114)69(141-92)47-132-57(6)111)51-127-44-34-73(121)101-37-22-16-19-25-41-130-93-82(104-55(4)109)89(139-64(13)118)85(136-61(10)115)70(142-93)48-133-58(7)112/h29-30,45,68-70,80-85,87-89,91-93H,14-28,31-44,46-51H2,1-13H3,(H,99,119)(H,100,120)(H,101,121)(H,102,107)(H,103,108)(H,104,109)(H,105,124). The Bertz CT molecular complexity index is 4310. The summed E-state index contributed by atoms with van der Waals surface area (Å²) in [5, 5.41) is 19.5. The van der Waals surface area contributed by atoms with Gasteiger partial charge in [-0.15, -0.1) is 0 Å². The van der Waals surface area contributed by atoms with Crippen LogP contribution in [0.25, 0.3) is 0 Å². The second kappa shape index (κ2) is 62.1. The van der Waals surface area contributed by atoms with Crippen LogP contribution >= 0.6 is 0 Å². The molecule has 3 saturated heterocycles. The van der Waals surface area contributed by atoms with Crippen molar-refractivity contribution in [2.75, 3.05) is 110 Å². The van der Waals surface area contributed by atoms with Crippen molar-refractivity contribution in [3.8, 4) is 5.75 Å². The van der Waals surface area contributed by atoms with Crippen LogP contribution in [-0.4, -0.2) is 310 Å². The van der Waals surface area contributed by atoms with Crippen LogP contribution in [0.5, 0.6) is 5.75 Å². The number of anilines is 1. The third kappa shape index (κ3) is 42.2. The van der Waals surface area contributed by atoms with Gasteiger partial charge < -0.3 is 132 Å². The number of nitrogens with one attached hydrogen (secondary N) is 7. The molecule has 8 amide bonds. The second-order valence-electron chi connectivity index (χ2n) is 34.4. The number of ether oxygens (including phenoxy) is 19. The molecule has 45 nitrogen and oxygen atoms in total. The van der Waals surface area contributed by atoms with Gasteiger partial charge in [0.15, 0.2) is 72.9 Å². The van der Waals surface area contributed by atoms with E-state index in [9.17, 15) is 104 Å². The highest BCUT2D eigenvalue weighted by Crippen LogP contribution is 2.36. The summed E-state index contributed by atoms with van der Waals surface area (Å²) in [6.45, 7) is 12.2. The first-order valence-corrected chi connectivity index (χ1v) is 47.3. The molecule has 0 aromatic heterocycles. The Hall–Kier alpha value is -11.7. The van der Waals surface area contributed by atoms with Crippen LogP contribution in [0, 0.1) is 30.2 Å². The number of fused-ring (bicyclic) bond motifs is 1. The summed E-state index contributed by atoms with van der Waals surface area (Å²) < 4.78 is 166. The number of esters is 10.